The molecule has 0 bridgehead atoms. The minimum atomic E-state index is 0.960. The summed E-state index contributed by atoms with van der Waals surface area (Å²) in [6.07, 6.45) is 2.69. The Bertz CT molecular complexity index is 290. The molecule has 2 heteroatoms. The summed E-state index contributed by atoms with van der Waals surface area (Å²) in [5.74, 6) is 0. The first-order valence-corrected chi connectivity index (χ1v) is 5.38. The zero-order valence-electron chi connectivity index (χ0n) is 8.79. The number of benzene rings is 1. The molecule has 0 aromatic heterocycles. The lowest BCUT2D eigenvalue weighted by atomic mass is 10.2. The number of nitrogens with one attached hydrogen (secondary N) is 1. The molecule has 0 atom stereocenters. The maximum absolute atomic E-state index is 3.18. The molecule has 1 heterocycles. The number of rotatable bonds is 3. The molecule has 0 radical (unpaired) electrons. The molecule has 0 spiro atoms. The zero-order valence-corrected chi connectivity index (χ0v) is 8.79. The molecule has 1 aliphatic heterocycles. The minimum Gasteiger partial charge on any atom is -0.372 e. The minimum absolute atomic E-state index is 0.960. The third kappa shape index (κ3) is 2.07. The van der Waals surface area contributed by atoms with Gasteiger partial charge in [0.15, 0.2) is 0 Å². The zero-order chi connectivity index (χ0) is 9.80. The third-order valence-corrected chi connectivity index (χ3v) is 2.76. The fourth-order valence-electron chi connectivity index (χ4n) is 2.04. The van der Waals surface area contributed by atoms with Crippen LogP contribution in [0.1, 0.15) is 18.4 Å². The molecule has 2 nitrogen and oxygen atoms in total. The van der Waals surface area contributed by atoms with Gasteiger partial charge in [0, 0.05) is 25.3 Å². The van der Waals surface area contributed by atoms with E-state index in [0.29, 0.717) is 0 Å². The second-order valence-corrected chi connectivity index (χ2v) is 3.89. The molecule has 76 valence electrons. The standard InChI is InChI=1S/C12H18N2/c1-13-10-11-5-4-6-12(9-11)14-7-2-3-8-14/h4-6,9,13H,2-3,7-8,10H2,1H3. The van der Waals surface area contributed by atoms with Crippen LogP contribution in [0.3, 0.4) is 0 Å². The monoisotopic (exact) mass is 190 g/mol. The Hall–Kier alpha value is -1.02. The number of hydrogen-bond donors (Lipinski definition) is 1. The molecule has 2 rings (SSSR count). The second-order valence-electron chi connectivity index (χ2n) is 3.89. The average molecular weight is 190 g/mol. The topological polar surface area (TPSA) is 15.3 Å². The van der Waals surface area contributed by atoms with Crippen LogP contribution in [0.4, 0.5) is 5.69 Å². The molecule has 1 saturated heterocycles. The first-order chi connectivity index (χ1) is 6.90. The third-order valence-electron chi connectivity index (χ3n) is 2.76. The van der Waals surface area contributed by atoms with E-state index in [-0.39, 0.29) is 0 Å². The van der Waals surface area contributed by atoms with E-state index < -0.39 is 0 Å². The van der Waals surface area contributed by atoms with E-state index in [4.69, 9.17) is 0 Å². The van der Waals surface area contributed by atoms with Gasteiger partial charge in [-0.2, -0.15) is 0 Å². The maximum atomic E-state index is 3.18. The van der Waals surface area contributed by atoms with Gasteiger partial charge in [-0.1, -0.05) is 12.1 Å². The maximum Gasteiger partial charge on any atom is 0.0369 e. The lowest BCUT2D eigenvalue weighted by Crippen LogP contribution is -2.17. The van der Waals surface area contributed by atoms with Gasteiger partial charge in [-0.15, -0.1) is 0 Å². The average Bonchev–Trinajstić information content (AvgIpc) is 2.71. The lowest BCUT2D eigenvalue weighted by molar-refractivity contribution is 0.816. The lowest BCUT2D eigenvalue weighted by Gasteiger charge is -2.18. The van der Waals surface area contributed by atoms with Gasteiger partial charge in [0.1, 0.15) is 0 Å². The van der Waals surface area contributed by atoms with Crippen LogP contribution >= 0.6 is 0 Å². The van der Waals surface area contributed by atoms with Crippen LogP contribution in [-0.4, -0.2) is 20.1 Å². The van der Waals surface area contributed by atoms with Gasteiger partial charge in [-0.25, -0.2) is 0 Å². The van der Waals surface area contributed by atoms with Gasteiger partial charge in [-0.3, -0.25) is 0 Å². The van der Waals surface area contributed by atoms with Crippen LogP contribution < -0.4 is 10.2 Å². The van der Waals surface area contributed by atoms with Gasteiger partial charge >= 0.3 is 0 Å². The van der Waals surface area contributed by atoms with Gasteiger partial charge in [0.25, 0.3) is 0 Å². The van der Waals surface area contributed by atoms with Crippen LogP contribution in [0.15, 0.2) is 24.3 Å². The van der Waals surface area contributed by atoms with E-state index in [1.807, 2.05) is 7.05 Å². The van der Waals surface area contributed by atoms with Crippen LogP contribution in [0.25, 0.3) is 0 Å². The fourth-order valence-corrected chi connectivity index (χ4v) is 2.04. The Morgan fingerprint density at radius 1 is 1.29 bits per heavy atom. The summed E-state index contributed by atoms with van der Waals surface area (Å²) >= 11 is 0. The molecule has 0 unspecified atom stereocenters. The van der Waals surface area contributed by atoms with E-state index >= 15 is 0 Å². The summed E-state index contributed by atoms with van der Waals surface area (Å²) in [6.45, 7) is 3.41. The largest absolute Gasteiger partial charge is 0.372 e. The molecular formula is C12H18N2. The number of nitrogens with zero attached hydrogens (tertiary/aromatic N) is 1. The molecule has 1 aromatic rings. The second kappa shape index (κ2) is 4.47. The Labute approximate surface area is 85.9 Å². The summed E-state index contributed by atoms with van der Waals surface area (Å²) in [5.41, 5.74) is 2.76. The molecule has 1 N–H and O–H groups in total. The van der Waals surface area contributed by atoms with Crippen LogP contribution in [0.2, 0.25) is 0 Å². The number of anilines is 1. The molecule has 0 aliphatic carbocycles. The summed E-state index contributed by atoms with van der Waals surface area (Å²) in [4.78, 5) is 2.47. The van der Waals surface area contributed by atoms with Crippen molar-refractivity contribution in [2.75, 3.05) is 25.0 Å². The van der Waals surface area contributed by atoms with Crippen LogP contribution in [-0.2, 0) is 6.54 Å². The highest BCUT2D eigenvalue weighted by molar-refractivity contribution is 5.49. The van der Waals surface area contributed by atoms with Crippen molar-refractivity contribution in [1.29, 1.82) is 0 Å². The van der Waals surface area contributed by atoms with Crippen LogP contribution in [0.5, 0.6) is 0 Å². The van der Waals surface area contributed by atoms with Crippen molar-refractivity contribution in [1.82, 2.24) is 5.32 Å². The van der Waals surface area contributed by atoms with Gasteiger partial charge in [0.2, 0.25) is 0 Å². The number of hydrogen-bond acceptors (Lipinski definition) is 2. The Kier molecular flexibility index (Phi) is 3.04. The molecular weight excluding hydrogens is 172 g/mol. The fraction of sp³-hybridized carbons (Fsp3) is 0.500. The molecule has 0 amide bonds. The van der Waals surface area contributed by atoms with Crippen molar-refractivity contribution >= 4 is 5.69 Å². The summed E-state index contributed by atoms with van der Waals surface area (Å²) in [5, 5.41) is 3.18. The first kappa shape index (κ1) is 9.53. The Morgan fingerprint density at radius 2 is 2.07 bits per heavy atom. The first-order valence-electron chi connectivity index (χ1n) is 5.38. The SMILES string of the molecule is CNCc1cccc(N2CCCC2)c1. The molecule has 0 saturated carbocycles. The van der Waals surface area contributed by atoms with Gasteiger partial charge < -0.3 is 10.2 Å². The molecule has 14 heavy (non-hydrogen) atoms. The van der Waals surface area contributed by atoms with E-state index in [1.54, 1.807) is 0 Å². The van der Waals surface area contributed by atoms with Crippen molar-refractivity contribution in [3.63, 3.8) is 0 Å². The highest BCUT2D eigenvalue weighted by atomic mass is 15.1. The van der Waals surface area contributed by atoms with E-state index in [0.717, 1.165) is 6.54 Å². The summed E-state index contributed by atoms with van der Waals surface area (Å²) in [6, 6.07) is 8.84. The van der Waals surface area contributed by atoms with Crippen molar-refractivity contribution in [3.05, 3.63) is 29.8 Å². The quantitative estimate of drug-likeness (QED) is 0.784. The normalized spacial score (nSPS) is 16.2. The summed E-state index contributed by atoms with van der Waals surface area (Å²) < 4.78 is 0. The highest BCUT2D eigenvalue weighted by Crippen LogP contribution is 2.20. The van der Waals surface area contributed by atoms with Crippen LogP contribution in [0, 0.1) is 0 Å². The predicted octanol–water partition coefficient (Wildman–Crippen LogP) is 2.01. The Morgan fingerprint density at radius 3 is 2.79 bits per heavy atom. The van der Waals surface area contributed by atoms with E-state index in [9.17, 15) is 0 Å². The van der Waals surface area contributed by atoms with Gasteiger partial charge in [-0.05, 0) is 37.6 Å². The molecule has 1 aromatic carbocycles. The predicted molar refractivity (Wildman–Crippen MR) is 60.7 cm³/mol. The molecule has 1 aliphatic rings. The van der Waals surface area contributed by atoms with E-state index in [1.165, 1.54) is 37.2 Å². The highest BCUT2D eigenvalue weighted by Gasteiger charge is 2.11. The van der Waals surface area contributed by atoms with Crippen molar-refractivity contribution < 1.29 is 0 Å². The van der Waals surface area contributed by atoms with Crippen molar-refractivity contribution in [2.45, 2.75) is 19.4 Å². The molecule has 1 fully saturated rings. The van der Waals surface area contributed by atoms with Crippen molar-refractivity contribution in [2.24, 2.45) is 0 Å². The van der Waals surface area contributed by atoms with Gasteiger partial charge in [0.05, 0.1) is 0 Å². The summed E-state index contributed by atoms with van der Waals surface area (Å²) in [7, 11) is 1.99. The Balaban J connectivity index is 2.12. The van der Waals surface area contributed by atoms with E-state index in [2.05, 4.69) is 34.5 Å². The smallest absolute Gasteiger partial charge is 0.0369 e. The van der Waals surface area contributed by atoms with Crippen molar-refractivity contribution in [3.8, 4) is 0 Å².